The number of hydrogen-bond acceptors (Lipinski definition) is 2. The molecule has 20 heavy (non-hydrogen) atoms. The second-order valence-corrected chi connectivity index (χ2v) is 4.97. The van der Waals surface area contributed by atoms with Gasteiger partial charge in [0.25, 0.3) is 6.43 Å². The molecule has 0 spiro atoms. The Hall–Kier alpha value is -1.58. The number of unbranched alkanes of at least 4 members (excludes halogenated alkanes) is 2. The molecule has 1 aliphatic rings. The second kappa shape index (κ2) is 6.73. The number of allylic oxidation sites excluding steroid dienone is 1. The first-order chi connectivity index (χ1) is 9.69. The summed E-state index contributed by atoms with van der Waals surface area (Å²) in [6.45, 7) is 2.76. The Balaban J connectivity index is 2.35. The van der Waals surface area contributed by atoms with Gasteiger partial charge in [-0.2, -0.15) is 0 Å². The van der Waals surface area contributed by atoms with Crippen molar-refractivity contribution in [3.8, 4) is 5.75 Å². The molecule has 0 unspecified atom stereocenters. The zero-order valence-corrected chi connectivity index (χ0v) is 12.0. The predicted molar refractivity (Wildman–Crippen MR) is 78.6 cm³/mol. The fraction of sp³-hybridized carbons (Fsp3) is 0.500. The van der Waals surface area contributed by atoms with Gasteiger partial charge in [0.05, 0.1) is 18.4 Å². The Bertz CT molecular complexity index is 497. The van der Waals surface area contributed by atoms with Gasteiger partial charge in [-0.15, -0.1) is 0 Å². The molecule has 0 fully saturated rings. The summed E-state index contributed by atoms with van der Waals surface area (Å²) >= 11 is 0. The molecule has 1 aromatic rings. The lowest BCUT2D eigenvalue weighted by Gasteiger charge is -2.24. The average molecular weight is 281 g/mol. The first-order valence-electron chi connectivity index (χ1n) is 7.11. The quantitative estimate of drug-likeness (QED) is 0.739. The first-order valence-corrected chi connectivity index (χ1v) is 7.11. The summed E-state index contributed by atoms with van der Waals surface area (Å²) in [7, 11) is 1.43. The molecular weight excluding hydrogens is 260 g/mol. The third-order valence-electron chi connectivity index (χ3n) is 3.67. The van der Waals surface area contributed by atoms with Gasteiger partial charge in [-0.3, -0.25) is 0 Å². The zero-order valence-electron chi connectivity index (χ0n) is 12.0. The van der Waals surface area contributed by atoms with E-state index < -0.39 is 6.43 Å². The smallest absolute Gasteiger partial charge is 0.269 e. The van der Waals surface area contributed by atoms with E-state index in [4.69, 9.17) is 4.74 Å². The van der Waals surface area contributed by atoms with Gasteiger partial charge < -0.3 is 10.1 Å². The minimum Gasteiger partial charge on any atom is -0.496 e. The average Bonchev–Trinajstić information content (AvgIpc) is 2.46. The molecule has 2 rings (SSSR count). The molecule has 4 heteroatoms. The Labute approximate surface area is 118 Å². The van der Waals surface area contributed by atoms with Gasteiger partial charge in [-0.1, -0.05) is 25.8 Å². The van der Waals surface area contributed by atoms with E-state index in [0.717, 1.165) is 36.8 Å². The summed E-state index contributed by atoms with van der Waals surface area (Å²) in [6.07, 6.45) is 3.92. The highest BCUT2D eigenvalue weighted by molar-refractivity contribution is 5.83. The van der Waals surface area contributed by atoms with Crippen molar-refractivity contribution in [2.24, 2.45) is 0 Å². The highest BCUT2D eigenvalue weighted by atomic mass is 19.3. The molecule has 1 aliphatic heterocycles. The maximum absolute atomic E-state index is 13.3. The monoisotopic (exact) mass is 281 g/mol. The van der Waals surface area contributed by atoms with E-state index in [-0.39, 0.29) is 11.3 Å². The lowest BCUT2D eigenvalue weighted by atomic mass is 9.92. The van der Waals surface area contributed by atoms with Crippen LogP contribution in [0.1, 0.15) is 50.2 Å². The van der Waals surface area contributed by atoms with Crippen LogP contribution in [0.2, 0.25) is 0 Å². The third-order valence-corrected chi connectivity index (χ3v) is 3.67. The molecule has 1 heterocycles. The first kappa shape index (κ1) is 14.8. The summed E-state index contributed by atoms with van der Waals surface area (Å²) in [6, 6.07) is 3.52. The number of fused-ring (bicyclic) bond motifs is 1. The van der Waals surface area contributed by atoms with Crippen LogP contribution in [0.25, 0.3) is 5.57 Å². The number of rotatable bonds is 6. The van der Waals surface area contributed by atoms with E-state index in [9.17, 15) is 8.78 Å². The summed E-state index contributed by atoms with van der Waals surface area (Å²) < 4.78 is 31.7. The van der Waals surface area contributed by atoms with E-state index in [0.29, 0.717) is 12.2 Å². The topological polar surface area (TPSA) is 21.3 Å². The molecule has 2 nitrogen and oxygen atoms in total. The lowest BCUT2D eigenvalue weighted by molar-refractivity contribution is 0.148. The Morgan fingerprint density at radius 2 is 2.10 bits per heavy atom. The van der Waals surface area contributed by atoms with E-state index in [1.54, 1.807) is 6.07 Å². The molecule has 0 aliphatic carbocycles. The Kier molecular flexibility index (Phi) is 4.99. The van der Waals surface area contributed by atoms with Crippen LogP contribution in [0.5, 0.6) is 5.75 Å². The number of anilines is 1. The third kappa shape index (κ3) is 2.94. The van der Waals surface area contributed by atoms with Crippen LogP contribution in [-0.4, -0.2) is 13.7 Å². The van der Waals surface area contributed by atoms with E-state index in [2.05, 4.69) is 18.3 Å². The number of hydrogen-bond donors (Lipinski definition) is 1. The van der Waals surface area contributed by atoms with Crippen molar-refractivity contribution in [2.75, 3.05) is 19.0 Å². The number of benzene rings is 1. The SMILES string of the molecule is CCCCCC1=CCNc2c1ccc(OC)c2C(F)F. The minimum atomic E-state index is -2.54. The number of halogens is 2. The van der Waals surface area contributed by atoms with E-state index in [1.807, 2.05) is 6.07 Å². The summed E-state index contributed by atoms with van der Waals surface area (Å²) in [5.41, 5.74) is 2.57. The van der Waals surface area contributed by atoms with Crippen molar-refractivity contribution in [3.63, 3.8) is 0 Å². The highest BCUT2D eigenvalue weighted by Crippen LogP contribution is 2.42. The van der Waals surface area contributed by atoms with Crippen LogP contribution in [0.15, 0.2) is 18.2 Å². The fourth-order valence-corrected chi connectivity index (χ4v) is 2.64. The summed E-state index contributed by atoms with van der Waals surface area (Å²) in [5.74, 6) is 0.251. The Morgan fingerprint density at radius 1 is 1.30 bits per heavy atom. The van der Waals surface area contributed by atoms with E-state index >= 15 is 0 Å². The van der Waals surface area contributed by atoms with Crippen LogP contribution in [0.4, 0.5) is 14.5 Å². The molecule has 0 atom stereocenters. The maximum Gasteiger partial charge on any atom is 0.269 e. The van der Waals surface area contributed by atoms with Crippen LogP contribution in [-0.2, 0) is 0 Å². The number of ether oxygens (including phenoxy) is 1. The van der Waals surface area contributed by atoms with Gasteiger partial charge in [0.1, 0.15) is 5.75 Å². The number of alkyl halides is 2. The van der Waals surface area contributed by atoms with Crippen molar-refractivity contribution in [1.82, 2.24) is 0 Å². The fourth-order valence-electron chi connectivity index (χ4n) is 2.64. The van der Waals surface area contributed by atoms with Gasteiger partial charge in [-0.25, -0.2) is 8.78 Å². The molecule has 0 aromatic heterocycles. The van der Waals surface area contributed by atoms with E-state index in [1.165, 1.54) is 7.11 Å². The van der Waals surface area contributed by atoms with Gasteiger partial charge in [0.2, 0.25) is 0 Å². The van der Waals surface area contributed by atoms with Gasteiger partial charge in [-0.05, 0) is 30.5 Å². The van der Waals surface area contributed by atoms with Gasteiger partial charge in [0, 0.05) is 12.1 Å². The Morgan fingerprint density at radius 3 is 2.75 bits per heavy atom. The molecule has 0 radical (unpaired) electrons. The lowest BCUT2D eigenvalue weighted by Crippen LogP contribution is -2.12. The molecule has 110 valence electrons. The molecule has 0 bridgehead atoms. The van der Waals surface area contributed by atoms with Crippen LogP contribution >= 0.6 is 0 Å². The predicted octanol–water partition coefficient (Wildman–Crippen LogP) is 5.02. The zero-order chi connectivity index (χ0) is 14.5. The summed E-state index contributed by atoms with van der Waals surface area (Å²) in [5, 5.41) is 3.07. The number of methoxy groups -OCH3 is 1. The van der Waals surface area contributed by atoms with Gasteiger partial charge in [0.15, 0.2) is 0 Å². The van der Waals surface area contributed by atoms with Crippen molar-refractivity contribution < 1.29 is 13.5 Å². The van der Waals surface area contributed by atoms with Crippen LogP contribution in [0, 0.1) is 0 Å². The molecule has 0 saturated heterocycles. The molecular formula is C16H21F2NO. The van der Waals surface area contributed by atoms with Crippen molar-refractivity contribution in [2.45, 2.75) is 39.0 Å². The molecule has 0 saturated carbocycles. The maximum atomic E-state index is 13.3. The normalized spacial score (nSPS) is 13.8. The minimum absolute atomic E-state index is 0.0221. The van der Waals surface area contributed by atoms with Crippen LogP contribution < -0.4 is 10.1 Å². The molecule has 1 N–H and O–H groups in total. The highest BCUT2D eigenvalue weighted by Gasteiger charge is 2.24. The molecule has 0 amide bonds. The van der Waals surface area contributed by atoms with Crippen LogP contribution in [0.3, 0.4) is 0 Å². The van der Waals surface area contributed by atoms with Crippen molar-refractivity contribution in [3.05, 3.63) is 29.3 Å². The van der Waals surface area contributed by atoms with Gasteiger partial charge >= 0.3 is 0 Å². The molecule has 1 aromatic carbocycles. The standard InChI is InChI=1S/C16H21F2NO/c1-3-4-5-6-11-9-10-19-15-12(11)7-8-13(20-2)14(15)16(17)18/h7-9,16,19H,3-6,10H2,1-2H3. The van der Waals surface area contributed by atoms with Crippen molar-refractivity contribution >= 4 is 11.3 Å². The van der Waals surface area contributed by atoms with Crippen molar-refractivity contribution in [1.29, 1.82) is 0 Å². The largest absolute Gasteiger partial charge is 0.496 e. The summed E-state index contributed by atoms with van der Waals surface area (Å²) in [4.78, 5) is 0. The number of nitrogens with one attached hydrogen (secondary N) is 1. The second-order valence-electron chi connectivity index (χ2n) is 4.97.